The van der Waals surface area contributed by atoms with Gasteiger partial charge in [0.2, 0.25) is 0 Å². The van der Waals surface area contributed by atoms with Gasteiger partial charge >= 0.3 is 0 Å². The third-order valence-corrected chi connectivity index (χ3v) is 6.45. The van der Waals surface area contributed by atoms with Gasteiger partial charge in [-0.25, -0.2) is 9.97 Å². The van der Waals surface area contributed by atoms with Crippen molar-refractivity contribution in [1.82, 2.24) is 29.9 Å². The normalized spacial score (nSPS) is 15.5. The van der Waals surface area contributed by atoms with E-state index in [1.165, 1.54) is 0 Å². The number of hydrogen-bond donors (Lipinski definition) is 1. The van der Waals surface area contributed by atoms with Crippen LogP contribution in [-0.2, 0) is 16.7 Å². The number of hydrogen-bond acceptors (Lipinski definition) is 8. The molecule has 1 saturated carbocycles. The number of methoxy groups -OCH3 is 1. The number of aryl methyl sites for hydroxylation is 1. The van der Waals surface area contributed by atoms with Gasteiger partial charge in [0.1, 0.15) is 5.82 Å². The van der Waals surface area contributed by atoms with E-state index in [0.717, 1.165) is 40.9 Å². The molecule has 0 aliphatic heterocycles. The molecule has 1 atom stereocenters. The summed E-state index contributed by atoms with van der Waals surface area (Å²) < 4.78 is 12.6. The van der Waals surface area contributed by atoms with Crippen LogP contribution < -0.4 is 5.73 Å². The number of aromatic nitrogens is 6. The molecule has 0 bridgehead atoms. The zero-order valence-electron chi connectivity index (χ0n) is 19.0. The molecule has 33 heavy (non-hydrogen) atoms. The quantitative estimate of drug-likeness (QED) is 0.437. The number of nitrogen functional groups attached to an aromatic ring is 1. The van der Waals surface area contributed by atoms with E-state index in [1.54, 1.807) is 19.5 Å². The summed E-state index contributed by atoms with van der Waals surface area (Å²) in [7, 11) is 1.67. The number of nitrogens with zero attached hydrogens (tertiary/aromatic N) is 6. The van der Waals surface area contributed by atoms with Crippen molar-refractivity contribution < 1.29 is 9.26 Å². The van der Waals surface area contributed by atoms with Crippen molar-refractivity contribution >= 4 is 5.82 Å². The van der Waals surface area contributed by atoms with Crippen molar-refractivity contribution in [3.8, 4) is 22.7 Å². The average Bonchev–Trinajstić information content (AvgIpc) is 3.38. The van der Waals surface area contributed by atoms with Crippen LogP contribution in [0.15, 0.2) is 47.4 Å². The van der Waals surface area contributed by atoms with Gasteiger partial charge in [0, 0.05) is 18.9 Å². The molecule has 0 amide bonds. The van der Waals surface area contributed by atoms with Gasteiger partial charge in [-0.05, 0) is 38.2 Å². The fraction of sp³-hybridized carbons (Fsp3) is 0.375. The SMILES string of the molecule is COCCn1cc(-c2nc([C@](C)(c3ccc(-c4cnc(N)c(C)n4)cc3)C3CC3)no2)cn1. The molecule has 0 saturated heterocycles. The second-order valence-corrected chi connectivity index (χ2v) is 8.69. The molecule has 5 rings (SSSR count). The Morgan fingerprint density at radius 2 is 1.94 bits per heavy atom. The number of nitrogens with two attached hydrogens (primary N) is 1. The summed E-state index contributed by atoms with van der Waals surface area (Å²) >= 11 is 0. The third kappa shape index (κ3) is 4.00. The van der Waals surface area contributed by atoms with Crippen molar-refractivity contribution in [2.24, 2.45) is 5.92 Å². The molecule has 2 N–H and O–H groups in total. The Kier molecular flexibility index (Phi) is 5.41. The van der Waals surface area contributed by atoms with Crippen LogP contribution in [0.5, 0.6) is 0 Å². The fourth-order valence-electron chi connectivity index (χ4n) is 4.16. The molecule has 1 aromatic carbocycles. The van der Waals surface area contributed by atoms with E-state index in [9.17, 15) is 0 Å². The highest BCUT2D eigenvalue weighted by molar-refractivity contribution is 5.60. The summed E-state index contributed by atoms with van der Waals surface area (Å²) in [6, 6.07) is 8.38. The number of benzene rings is 1. The maximum Gasteiger partial charge on any atom is 0.261 e. The summed E-state index contributed by atoms with van der Waals surface area (Å²) in [6.45, 7) is 5.32. The summed E-state index contributed by atoms with van der Waals surface area (Å²) in [5.74, 6) is 2.09. The maximum atomic E-state index is 5.81. The van der Waals surface area contributed by atoms with E-state index in [1.807, 2.05) is 17.8 Å². The van der Waals surface area contributed by atoms with Gasteiger partial charge < -0.3 is 15.0 Å². The van der Waals surface area contributed by atoms with E-state index < -0.39 is 0 Å². The highest BCUT2D eigenvalue weighted by Crippen LogP contribution is 2.50. The molecule has 9 heteroatoms. The molecule has 3 aromatic heterocycles. The molecule has 1 aliphatic rings. The Balaban J connectivity index is 1.43. The summed E-state index contributed by atoms with van der Waals surface area (Å²) in [6.07, 6.45) is 7.62. The van der Waals surface area contributed by atoms with Crippen LogP contribution in [0.3, 0.4) is 0 Å². The van der Waals surface area contributed by atoms with Crippen molar-refractivity contribution in [2.75, 3.05) is 19.5 Å². The second-order valence-electron chi connectivity index (χ2n) is 8.69. The summed E-state index contributed by atoms with van der Waals surface area (Å²) in [4.78, 5) is 13.6. The first-order valence-corrected chi connectivity index (χ1v) is 11.0. The van der Waals surface area contributed by atoms with Crippen molar-refractivity contribution in [1.29, 1.82) is 0 Å². The van der Waals surface area contributed by atoms with Crippen LogP contribution in [0, 0.1) is 12.8 Å². The van der Waals surface area contributed by atoms with Crippen LogP contribution in [0.2, 0.25) is 0 Å². The van der Waals surface area contributed by atoms with Gasteiger partial charge in [-0.2, -0.15) is 10.1 Å². The Morgan fingerprint density at radius 1 is 1.15 bits per heavy atom. The summed E-state index contributed by atoms with van der Waals surface area (Å²) in [5, 5.41) is 8.74. The van der Waals surface area contributed by atoms with Gasteiger partial charge in [-0.15, -0.1) is 0 Å². The first-order valence-electron chi connectivity index (χ1n) is 11.0. The molecule has 4 aromatic rings. The Labute approximate surface area is 192 Å². The van der Waals surface area contributed by atoms with Gasteiger partial charge in [0.25, 0.3) is 5.89 Å². The highest BCUT2D eigenvalue weighted by Gasteiger charge is 2.47. The van der Waals surface area contributed by atoms with Gasteiger partial charge in [0.05, 0.1) is 47.9 Å². The third-order valence-electron chi connectivity index (χ3n) is 6.45. The minimum absolute atomic E-state index is 0.338. The highest BCUT2D eigenvalue weighted by atomic mass is 16.5. The van der Waals surface area contributed by atoms with E-state index in [0.29, 0.717) is 36.6 Å². The number of anilines is 1. The lowest BCUT2D eigenvalue weighted by atomic mass is 9.77. The predicted molar refractivity (Wildman–Crippen MR) is 123 cm³/mol. The lowest BCUT2D eigenvalue weighted by Gasteiger charge is -2.27. The molecule has 170 valence electrons. The molecule has 0 spiro atoms. The van der Waals surface area contributed by atoms with Gasteiger partial charge in [0.15, 0.2) is 5.82 Å². The zero-order valence-corrected chi connectivity index (χ0v) is 19.0. The predicted octanol–water partition coefficient (Wildman–Crippen LogP) is 3.64. The first-order chi connectivity index (χ1) is 16.0. The summed E-state index contributed by atoms with van der Waals surface area (Å²) in [5.41, 5.74) is 9.94. The minimum atomic E-state index is -0.338. The first kappa shape index (κ1) is 21.3. The topological polar surface area (TPSA) is 118 Å². The number of ether oxygens (including phenoxy) is 1. The Hall–Kier alpha value is -3.59. The molecular weight excluding hydrogens is 418 g/mol. The molecular formula is C24H27N7O2. The molecule has 9 nitrogen and oxygen atoms in total. The van der Waals surface area contributed by atoms with Crippen LogP contribution in [-0.4, -0.2) is 43.6 Å². The lowest BCUT2D eigenvalue weighted by Crippen LogP contribution is -2.28. The standard InChI is InChI=1S/C24H27N7O2/c1-15-21(25)26-13-20(28-15)16-4-6-18(7-5-16)24(2,19-8-9-19)23-29-22(33-30-23)17-12-27-31(14-17)10-11-32-3/h4-7,12-14,19H,8-11H2,1-3H3,(H2,25,26)/t24-/m1/s1. The molecule has 0 unspecified atom stereocenters. The maximum absolute atomic E-state index is 5.81. The lowest BCUT2D eigenvalue weighted by molar-refractivity contribution is 0.183. The number of rotatable bonds is 8. The minimum Gasteiger partial charge on any atom is -0.383 e. The Morgan fingerprint density at radius 3 is 2.64 bits per heavy atom. The van der Waals surface area contributed by atoms with Crippen LogP contribution >= 0.6 is 0 Å². The molecule has 1 fully saturated rings. The monoisotopic (exact) mass is 445 g/mol. The van der Waals surface area contributed by atoms with Gasteiger partial charge in [-0.3, -0.25) is 4.68 Å². The smallest absolute Gasteiger partial charge is 0.261 e. The van der Waals surface area contributed by atoms with Crippen LogP contribution in [0.4, 0.5) is 5.82 Å². The van der Waals surface area contributed by atoms with Crippen molar-refractivity contribution in [2.45, 2.75) is 38.6 Å². The van der Waals surface area contributed by atoms with E-state index in [-0.39, 0.29) is 5.41 Å². The fourth-order valence-corrected chi connectivity index (χ4v) is 4.16. The van der Waals surface area contributed by atoms with Crippen molar-refractivity contribution in [3.63, 3.8) is 0 Å². The van der Waals surface area contributed by atoms with E-state index >= 15 is 0 Å². The molecule has 0 radical (unpaired) electrons. The van der Waals surface area contributed by atoms with Crippen LogP contribution in [0.25, 0.3) is 22.7 Å². The molecule has 1 aliphatic carbocycles. The Bertz CT molecular complexity index is 1260. The zero-order chi connectivity index (χ0) is 23.0. The molecule has 3 heterocycles. The van der Waals surface area contributed by atoms with E-state index in [2.05, 4.69) is 51.4 Å². The second kappa shape index (κ2) is 8.40. The van der Waals surface area contributed by atoms with E-state index in [4.69, 9.17) is 20.0 Å². The van der Waals surface area contributed by atoms with Crippen LogP contribution in [0.1, 0.15) is 36.8 Å². The van der Waals surface area contributed by atoms with Gasteiger partial charge in [-0.1, -0.05) is 29.4 Å². The largest absolute Gasteiger partial charge is 0.383 e. The average molecular weight is 446 g/mol. The van der Waals surface area contributed by atoms with Crippen molar-refractivity contribution in [3.05, 3.63) is 59.9 Å².